The normalized spacial score (nSPS) is 26.2. The highest BCUT2D eigenvalue weighted by atomic mass is 35.5. The number of hydrogen-bond donors (Lipinski definition) is 1. The summed E-state index contributed by atoms with van der Waals surface area (Å²) >= 11 is 6.69. The number of carbonyl (C=O) groups excluding carboxylic acids is 3. The monoisotopic (exact) mass is 408 g/mol. The number of hydrogen-bond acceptors (Lipinski definition) is 3. The van der Waals surface area contributed by atoms with Crippen LogP contribution in [0.5, 0.6) is 0 Å². The van der Waals surface area contributed by atoms with Crippen LogP contribution in [0.15, 0.2) is 42.5 Å². The molecule has 0 aromatic heterocycles. The third kappa shape index (κ3) is 3.23. The van der Waals surface area contributed by atoms with Crippen molar-refractivity contribution >= 4 is 35.0 Å². The molecule has 1 aliphatic carbocycles. The van der Waals surface area contributed by atoms with Crippen LogP contribution in [0, 0.1) is 11.8 Å². The topological polar surface area (TPSA) is 66.5 Å². The molecule has 148 valence electrons. The van der Waals surface area contributed by atoms with Crippen molar-refractivity contribution in [1.29, 1.82) is 0 Å². The summed E-state index contributed by atoms with van der Waals surface area (Å²) < 4.78 is 0. The first-order valence-electron chi connectivity index (χ1n) is 10.1. The Hall–Kier alpha value is -2.66. The van der Waals surface area contributed by atoms with Gasteiger partial charge in [0.2, 0.25) is 17.7 Å². The lowest BCUT2D eigenvalue weighted by atomic mass is 9.88. The highest BCUT2D eigenvalue weighted by Crippen LogP contribution is 2.47. The van der Waals surface area contributed by atoms with E-state index in [-0.39, 0.29) is 23.6 Å². The zero-order valence-corrected chi connectivity index (χ0v) is 16.6. The highest BCUT2D eigenvalue weighted by molar-refractivity contribution is 6.34. The maximum atomic E-state index is 12.5. The van der Waals surface area contributed by atoms with Crippen molar-refractivity contribution in [3.8, 4) is 11.1 Å². The molecule has 0 spiro atoms. The van der Waals surface area contributed by atoms with Gasteiger partial charge in [0.15, 0.2) is 0 Å². The van der Waals surface area contributed by atoms with Crippen LogP contribution in [-0.4, -0.2) is 24.3 Å². The van der Waals surface area contributed by atoms with Gasteiger partial charge in [0.05, 0.1) is 10.9 Å². The lowest BCUT2D eigenvalue weighted by molar-refractivity contribution is -0.134. The summed E-state index contributed by atoms with van der Waals surface area (Å²) in [5.41, 5.74) is 3.43. The van der Waals surface area contributed by atoms with E-state index in [0.717, 1.165) is 41.8 Å². The quantitative estimate of drug-likeness (QED) is 0.783. The molecule has 3 fully saturated rings. The zero-order chi connectivity index (χ0) is 20.1. The van der Waals surface area contributed by atoms with Crippen LogP contribution in [0.3, 0.4) is 0 Å². The number of imide groups is 1. The minimum Gasteiger partial charge on any atom is -0.312 e. The van der Waals surface area contributed by atoms with Crippen LogP contribution < -0.4 is 10.2 Å². The molecule has 5 rings (SSSR count). The number of nitrogens with zero attached hydrogens (tertiary/aromatic N) is 1. The number of nitrogens with one attached hydrogen (secondary N) is 1. The first kappa shape index (κ1) is 18.4. The van der Waals surface area contributed by atoms with Gasteiger partial charge in [-0.3, -0.25) is 19.7 Å². The predicted octanol–water partition coefficient (Wildman–Crippen LogP) is 3.90. The Morgan fingerprint density at radius 1 is 1.00 bits per heavy atom. The van der Waals surface area contributed by atoms with Crippen LogP contribution in [0.25, 0.3) is 11.1 Å². The van der Waals surface area contributed by atoms with Gasteiger partial charge in [0, 0.05) is 30.1 Å². The Bertz CT molecular complexity index is 1020. The van der Waals surface area contributed by atoms with E-state index in [9.17, 15) is 14.4 Å². The van der Waals surface area contributed by atoms with Gasteiger partial charge in [-0.1, -0.05) is 41.9 Å². The summed E-state index contributed by atoms with van der Waals surface area (Å²) in [4.78, 5) is 38.1. The predicted molar refractivity (Wildman–Crippen MR) is 111 cm³/mol. The number of rotatable bonds is 3. The fourth-order valence-corrected chi connectivity index (χ4v) is 4.95. The van der Waals surface area contributed by atoms with Crippen molar-refractivity contribution in [2.75, 3.05) is 11.4 Å². The fraction of sp³-hybridized carbons (Fsp3) is 0.348. The average molecular weight is 409 g/mol. The van der Waals surface area contributed by atoms with E-state index >= 15 is 0 Å². The van der Waals surface area contributed by atoms with E-state index in [0.29, 0.717) is 23.8 Å². The molecule has 3 amide bonds. The van der Waals surface area contributed by atoms with Crippen LogP contribution in [0.4, 0.5) is 5.69 Å². The molecule has 29 heavy (non-hydrogen) atoms. The molecule has 2 aromatic rings. The summed E-state index contributed by atoms with van der Waals surface area (Å²) in [6.07, 6.45) is 2.90. The van der Waals surface area contributed by atoms with Gasteiger partial charge in [0.1, 0.15) is 0 Å². The summed E-state index contributed by atoms with van der Waals surface area (Å²) in [6, 6.07) is 13.5. The van der Waals surface area contributed by atoms with E-state index in [1.54, 1.807) is 0 Å². The molecule has 3 atom stereocenters. The molecule has 6 heteroatoms. The fourth-order valence-electron chi connectivity index (χ4n) is 4.58. The van der Waals surface area contributed by atoms with E-state index < -0.39 is 5.92 Å². The standard InChI is InChI=1S/C23H21ClN2O3/c24-21-16(2-1-3-17(21)18-8-9-20(27)25-22(18)28)13-4-6-15(7-5-13)26-11-10-14-12-19(14)23(26)29/h1-7,14,18-19H,8-12H2,(H,25,27,28). The molecule has 2 aliphatic heterocycles. The van der Waals surface area contributed by atoms with E-state index in [1.165, 1.54) is 0 Å². The first-order chi connectivity index (χ1) is 14.0. The van der Waals surface area contributed by atoms with Gasteiger partial charge in [-0.25, -0.2) is 0 Å². The Balaban J connectivity index is 1.42. The molecule has 1 saturated carbocycles. The lowest BCUT2D eigenvalue weighted by Crippen LogP contribution is -2.39. The second-order valence-electron chi connectivity index (χ2n) is 8.14. The molecule has 0 radical (unpaired) electrons. The van der Waals surface area contributed by atoms with Gasteiger partial charge < -0.3 is 4.90 Å². The molecular formula is C23H21ClN2O3. The number of benzene rings is 2. The second kappa shape index (κ2) is 6.99. The van der Waals surface area contributed by atoms with Gasteiger partial charge in [0.25, 0.3) is 0 Å². The van der Waals surface area contributed by atoms with Crippen molar-refractivity contribution in [3.05, 3.63) is 53.1 Å². The Morgan fingerprint density at radius 2 is 1.79 bits per heavy atom. The number of amides is 3. The minimum atomic E-state index is -0.420. The highest BCUT2D eigenvalue weighted by Gasteiger charge is 2.48. The number of fused-ring (bicyclic) bond motifs is 1. The molecule has 3 aliphatic rings. The van der Waals surface area contributed by atoms with Crippen LogP contribution in [0.2, 0.25) is 5.02 Å². The molecule has 0 bridgehead atoms. The second-order valence-corrected chi connectivity index (χ2v) is 8.52. The van der Waals surface area contributed by atoms with Crippen molar-refractivity contribution in [3.63, 3.8) is 0 Å². The maximum absolute atomic E-state index is 12.5. The largest absolute Gasteiger partial charge is 0.312 e. The van der Waals surface area contributed by atoms with Crippen LogP contribution >= 0.6 is 11.6 Å². The molecule has 5 nitrogen and oxygen atoms in total. The summed E-state index contributed by atoms with van der Waals surface area (Å²) in [7, 11) is 0. The Morgan fingerprint density at radius 3 is 2.55 bits per heavy atom. The lowest BCUT2D eigenvalue weighted by Gasteiger charge is -2.26. The zero-order valence-electron chi connectivity index (χ0n) is 15.9. The van der Waals surface area contributed by atoms with E-state index in [4.69, 9.17) is 11.6 Å². The van der Waals surface area contributed by atoms with Crippen molar-refractivity contribution in [2.24, 2.45) is 11.8 Å². The third-order valence-corrected chi connectivity index (χ3v) is 6.78. The number of carbonyl (C=O) groups is 3. The molecular weight excluding hydrogens is 388 g/mol. The number of anilines is 1. The van der Waals surface area contributed by atoms with Crippen molar-refractivity contribution < 1.29 is 14.4 Å². The molecule has 2 aromatic carbocycles. The molecule has 2 saturated heterocycles. The number of halogens is 1. The summed E-state index contributed by atoms with van der Waals surface area (Å²) in [6.45, 7) is 0.783. The Labute approximate surface area is 174 Å². The van der Waals surface area contributed by atoms with Crippen LogP contribution in [0.1, 0.15) is 37.2 Å². The van der Waals surface area contributed by atoms with Gasteiger partial charge >= 0.3 is 0 Å². The van der Waals surface area contributed by atoms with Crippen molar-refractivity contribution in [2.45, 2.75) is 31.6 Å². The Kier molecular flexibility index (Phi) is 4.43. The van der Waals surface area contributed by atoms with Crippen LogP contribution in [-0.2, 0) is 14.4 Å². The third-order valence-electron chi connectivity index (χ3n) is 6.36. The van der Waals surface area contributed by atoms with Crippen molar-refractivity contribution in [1.82, 2.24) is 5.32 Å². The molecule has 3 unspecified atom stereocenters. The first-order valence-corrected chi connectivity index (χ1v) is 10.4. The van der Waals surface area contributed by atoms with E-state index in [1.807, 2.05) is 47.4 Å². The molecule has 2 heterocycles. The van der Waals surface area contributed by atoms with Gasteiger partial charge in [-0.05, 0) is 48.4 Å². The number of piperidine rings is 2. The maximum Gasteiger partial charge on any atom is 0.234 e. The summed E-state index contributed by atoms with van der Waals surface area (Å²) in [5, 5.41) is 2.93. The van der Waals surface area contributed by atoms with Gasteiger partial charge in [-0.2, -0.15) is 0 Å². The smallest absolute Gasteiger partial charge is 0.234 e. The van der Waals surface area contributed by atoms with Gasteiger partial charge in [-0.15, -0.1) is 0 Å². The average Bonchev–Trinajstić information content (AvgIpc) is 3.50. The SMILES string of the molecule is O=C1CCC(c2cccc(-c3ccc(N4CCC5CC5C4=O)cc3)c2Cl)C(=O)N1. The minimum absolute atomic E-state index is 0.225. The summed E-state index contributed by atoms with van der Waals surface area (Å²) in [5.74, 6) is 0.121. The molecule has 1 N–H and O–H groups in total. The van der Waals surface area contributed by atoms with E-state index in [2.05, 4.69) is 5.32 Å².